The molecule has 1 rings (SSSR count). The average Bonchev–Trinajstić information content (AvgIpc) is 2.25. The fourth-order valence-corrected chi connectivity index (χ4v) is 6.98. The first-order chi connectivity index (χ1) is 5.09. The van der Waals surface area contributed by atoms with Crippen molar-refractivity contribution in [2.45, 2.75) is 10.5 Å². The Morgan fingerprint density at radius 2 is 1.45 bits per heavy atom. The van der Waals surface area contributed by atoms with Crippen molar-refractivity contribution in [3.05, 3.63) is 0 Å². The molecule has 2 atom stereocenters. The Hall–Kier alpha value is -0.230. The Balaban J connectivity index is 2.91. The molecule has 58 valence electrons. The van der Waals surface area contributed by atoms with Gasteiger partial charge in [0.25, 0.3) is 7.90 Å². The molecular formula is C6H4O2S3. The predicted octanol–water partition coefficient (Wildman–Crippen LogP) is 0.715. The van der Waals surface area contributed by atoms with Crippen LogP contribution in [0.4, 0.5) is 0 Å². The van der Waals surface area contributed by atoms with Gasteiger partial charge in [0.1, 0.15) is 10.5 Å². The van der Waals surface area contributed by atoms with E-state index in [0.29, 0.717) is 0 Å². The molecule has 0 aliphatic carbocycles. The van der Waals surface area contributed by atoms with Gasteiger partial charge in [-0.3, -0.25) is 0 Å². The predicted molar refractivity (Wildman–Crippen MR) is 49.3 cm³/mol. The van der Waals surface area contributed by atoms with Gasteiger partial charge in [-0.2, -0.15) is 0 Å². The topological polar surface area (TPSA) is 34.1 Å². The standard InChI is InChI=1S/C6H4O2S3/c1-3-5-6(4-2)10-11(7,8)9-5/h1-2,5-6H. The SMILES string of the molecule is C#CC1SS(=O)(=O)SC1C#C. The van der Waals surface area contributed by atoms with E-state index < -0.39 is 18.4 Å². The molecule has 0 bridgehead atoms. The lowest BCUT2D eigenvalue weighted by molar-refractivity contribution is 0.623. The van der Waals surface area contributed by atoms with Crippen molar-refractivity contribution >= 4 is 29.5 Å². The Morgan fingerprint density at radius 1 is 1.09 bits per heavy atom. The highest BCUT2D eigenvalue weighted by Gasteiger charge is 2.37. The minimum atomic E-state index is -3.12. The third-order valence-electron chi connectivity index (χ3n) is 1.05. The van der Waals surface area contributed by atoms with Crippen molar-refractivity contribution < 1.29 is 8.42 Å². The van der Waals surface area contributed by atoms with E-state index in [-0.39, 0.29) is 0 Å². The first-order valence-corrected chi connectivity index (χ1v) is 6.90. The molecule has 5 heteroatoms. The van der Waals surface area contributed by atoms with Crippen LogP contribution >= 0.6 is 21.6 Å². The van der Waals surface area contributed by atoms with E-state index in [1.54, 1.807) is 0 Å². The fourth-order valence-electron chi connectivity index (χ4n) is 0.608. The third kappa shape index (κ3) is 1.87. The van der Waals surface area contributed by atoms with E-state index in [0.717, 1.165) is 21.6 Å². The summed E-state index contributed by atoms with van der Waals surface area (Å²) in [5, 5.41) is -0.787. The average molecular weight is 204 g/mol. The number of hydrogen-bond donors (Lipinski definition) is 0. The third-order valence-corrected chi connectivity index (χ3v) is 6.99. The molecule has 0 aromatic heterocycles. The Bertz CT molecular complexity index is 302. The lowest BCUT2D eigenvalue weighted by Gasteiger charge is -1.98. The summed E-state index contributed by atoms with van der Waals surface area (Å²) in [5.41, 5.74) is 0. The fraction of sp³-hybridized carbons (Fsp3) is 0.333. The molecule has 2 unspecified atom stereocenters. The van der Waals surface area contributed by atoms with Crippen LogP contribution in [0.25, 0.3) is 0 Å². The van der Waals surface area contributed by atoms with E-state index in [9.17, 15) is 8.42 Å². The molecule has 1 saturated heterocycles. The van der Waals surface area contributed by atoms with Crippen LogP contribution < -0.4 is 0 Å². The van der Waals surface area contributed by atoms with Crippen molar-refractivity contribution in [2.24, 2.45) is 0 Å². The first-order valence-electron chi connectivity index (χ1n) is 2.63. The summed E-state index contributed by atoms with van der Waals surface area (Å²) in [4.78, 5) is 0. The van der Waals surface area contributed by atoms with Crippen molar-refractivity contribution in [3.63, 3.8) is 0 Å². The largest absolute Gasteiger partial charge is 0.256 e. The Kier molecular flexibility index (Phi) is 2.43. The van der Waals surface area contributed by atoms with Crippen molar-refractivity contribution in [1.82, 2.24) is 0 Å². The second-order valence-electron chi connectivity index (χ2n) is 1.78. The van der Waals surface area contributed by atoms with Crippen molar-refractivity contribution in [2.75, 3.05) is 0 Å². The maximum absolute atomic E-state index is 10.9. The zero-order valence-electron chi connectivity index (χ0n) is 5.35. The molecule has 0 amide bonds. The summed E-state index contributed by atoms with van der Waals surface area (Å²) >= 11 is 0. The molecular weight excluding hydrogens is 200 g/mol. The first kappa shape index (κ1) is 8.86. The van der Waals surface area contributed by atoms with Gasteiger partial charge in [0.05, 0.1) is 0 Å². The van der Waals surface area contributed by atoms with Gasteiger partial charge in [-0.15, -0.1) is 12.8 Å². The van der Waals surface area contributed by atoms with Gasteiger partial charge in [-0.25, -0.2) is 8.42 Å². The van der Waals surface area contributed by atoms with Gasteiger partial charge in [0.2, 0.25) is 0 Å². The summed E-state index contributed by atoms with van der Waals surface area (Å²) in [6, 6.07) is 0. The molecule has 1 heterocycles. The molecule has 0 aromatic carbocycles. The number of rotatable bonds is 0. The van der Waals surface area contributed by atoms with E-state index in [2.05, 4.69) is 11.8 Å². The number of hydrogen-bond acceptors (Lipinski definition) is 4. The molecule has 0 spiro atoms. The summed E-state index contributed by atoms with van der Waals surface area (Å²) < 4.78 is 21.8. The molecule has 0 saturated carbocycles. The highest BCUT2D eigenvalue weighted by molar-refractivity contribution is 9.06. The lowest BCUT2D eigenvalue weighted by atomic mass is 10.3. The van der Waals surface area contributed by atoms with Gasteiger partial charge < -0.3 is 0 Å². The van der Waals surface area contributed by atoms with Crippen LogP contribution in [0.3, 0.4) is 0 Å². The maximum atomic E-state index is 10.9. The molecule has 0 aromatic rings. The maximum Gasteiger partial charge on any atom is 0.256 e. The van der Waals surface area contributed by atoms with Crippen molar-refractivity contribution in [1.29, 1.82) is 0 Å². The normalized spacial score (nSPS) is 34.0. The van der Waals surface area contributed by atoms with E-state index in [1.165, 1.54) is 0 Å². The van der Waals surface area contributed by atoms with Crippen LogP contribution in [0.2, 0.25) is 0 Å². The summed E-state index contributed by atoms with van der Waals surface area (Å²) in [6.45, 7) is 0. The van der Waals surface area contributed by atoms with Crippen LogP contribution in [0, 0.1) is 24.7 Å². The highest BCUT2D eigenvalue weighted by Crippen LogP contribution is 2.44. The smallest absolute Gasteiger partial charge is 0.206 e. The summed E-state index contributed by atoms with van der Waals surface area (Å²) in [5.74, 6) is 4.68. The molecule has 2 nitrogen and oxygen atoms in total. The monoisotopic (exact) mass is 204 g/mol. The minimum Gasteiger partial charge on any atom is -0.206 e. The van der Waals surface area contributed by atoms with Crippen LogP contribution in [0.15, 0.2) is 0 Å². The van der Waals surface area contributed by atoms with Gasteiger partial charge in [0, 0.05) is 0 Å². The van der Waals surface area contributed by atoms with Gasteiger partial charge in [-0.05, 0) is 21.6 Å². The zero-order valence-corrected chi connectivity index (χ0v) is 7.80. The van der Waals surface area contributed by atoms with Gasteiger partial charge in [0.15, 0.2) is 0 Å². The van der Waals surface area contributed by atoms with Crippen LogP contribution in [0.1, 0.15) is 0 Å². The van der Waals surface area contributed by atoms with Crippen LogP contribution in [0.5, 0.6) is 0 Å². The molecule has 0 N–H and O–H groups in total. The van der Waals surface area contributed by atoms with Gasteiger partial charge in [-0.1, -0.05) is 11.8 Å². The second kappa shape index (κ2) is 3.02. The zero-order chi connectivity index (χ0) is 8.48. The van der Waals surface area contributed by atoms with E-state index in [4.69, 9.17) is 12.8 Å². The molecule has 1 aliphatic rings. The van der Waals surface area contributed by atoms with Crippen LogP contribution in [-0.4, -0.2) is 18.9 Å². The molecule has 1 aliphatic heterocycles. The summed E-state index contributed by atoms with van der Waals surface area (Å²) in [7, 11) is -1.61. The molecule has 1 fully saturated rings. The second-order valence-corrected chi connectivity index (χ2v) is 8.41. The quantitative estimate of drug-likeness (QED) is 0.430. The minimum absolute atomic E-state index is 0.394. The lowest BCUT2D eigenvalue weighted by Crippen LogP contribution is -2.09. The molecule has 11 heavy (non-hydrogen) atoms. The van der Waals surface area contributed by atoms with E-state index in [1.807, 2.05) is 0 Å². The van der Waals surface area contributed by atoms with Crippen LogP contribution in [-0.2, 0) is 7.90 Å². The highest BCUT2D eigenvalue weighted by atomic mass is 33.5. The van der Waals surface area contributed by atoms with E-state index >= 15 is 0 Å². The number of terminal acetylenes is 2. The van der Waals surface area contributed by atoms with Crippen molar-refractivity contribution in [3.8, 4) is 24.7 Å². The summed E-state index contributed by atoms with van der Waals surface area (Å²) in [6.07, 6.45) is 10.2. The Labute approximate surface area is 73.2 Å². The molecule has 0 radical (unpaired) electrons. The Morgan fingerprint density at radius 3 is 1.73 bits per heavy atom. The van der Waals surface area contributed by atoms with Gasteiger partial charge >= 0.3 is 0 Å².